The van der Waals surface area contributed by atoms with Gasteiger partial charge in [-0.25, -0.2) is 0 Å². The Morgan fingerprint density at radius 3 is 0.957 bits per heavy atom. The minimum Gasteiger partial charge on any atom is -0.0619 e. The van der Waals surface area contributed by atoms with E-state index in [0.29, 0.717) is 0 Å². The Kier molecular flexibility index (Phi) is 6.97. The number of para-hydroxylation sites is 4. The monoisotopic (exact) mass is 598 g/mol. The zero-order valence-electron chi connectivity index (χ0n) is 24.9. The molecule has 0 aliphatic heterocycles. The van der Waals surface area contributed by atoms with E-state index in [-0.39, 0.29) is 0 Å². The molecule has 0 amide bonds. The van der Waals surface area contributed by atoms with Crippen molar-refractivity contribution in [2.75, 3.05) is 0 Å². The van der Waals surface area contributed by atoms with E-state index < -0.39 is 0 Å². The van der Waals surface area contributed by atoms with Gasteiger partial charge in [-0.05, 0) is 93.3 Å². The number of hydrogen-bond acceptors (Lipinski definition) is 2. The molecule has 8 aromatic rings. The molecule has 2 aromatic heterocycles. The lowest BCUT2D eigenvalue weighted by Crippen LogP contribution is -2.40. The minimum atomic E-state index is 0.949. The van der Waals surface area contributed by atoms with Crippen LogP contribution in [-0.4, -0.2) is 20.0 Å². The Hall–Kier alpha value is -6.54. The molecule has 0 spiro atoms. The minimum absolute atomic E-state index is 0.949. The summed E-state index contributed by atoms with van der Waals surface area (Å²) in [4.78, 5) is 3.83. The predicted molar refractivity (Wildman–Crippen MR) is 172 cm³/mol. The van der Waals surface area contributed by atoms with Crippen LogP contribution in [0.4, 0.5) is 0 Å². The van der Waals surface area contributed by atoms with Crippen molar-refractivity contribution < 1.29 is 18.7 Å². The average molecular weight is 599 g/mol. The highest BCUT2D eigenvalue weighted by atomic mass is 15.7. The van der Waals surface area contributed by atoms with E-state index in [1.807, 2.05) is 138 Å². The van der Waals surface area contributed by atoms with E-state index in [1.54, 1.807) is 0 Å². The van der Waals surface area contributed by atoms with Gasteiger partial charge in [-0.3, -0.25) is 0 Å². The van der Waals surface area contributed by atoms with Crippen LogP contribution in [0, 0.1) is 0 Å². The van der Waals surface area contributed by atoms with Gasteiger partial charge in [-0.2, -0.15) is 0 Å². The first-order valence-corrected chi connectivity index (χ1v) is 15.1. The number of aromatic nitrogens is 8. The first kappa shape index (κ1) is 27.0. The third kappa shape index (κ3) is 5.24. The van der Waals surface area contributed by atoms with Crippen molar-refractivity contribution in [3.8, 4) is 45.3 Å². The Morgan fingerprint density at radius 1 is 0.326 bits per heavy atom. The fraction of sp³-hybridized carbons (Fsp3) is 0. The van der Waals surface area contributed by atoms with Gasteiger partial charge >= 0.3 is 12.7 Å². The van der Waals surface area contributed by atoms with Crippen molar-refractivity contribution in [1.29, 1.82) is 0 Å². The van der Waals surface area contributed by atoms with Crippen molar-refractivity contribution in [3.05, 3.63) is 183 Å². The normalized spacial score (nSPS) is 11.0. The van der Waals surface area contributed by atoms with Gasteiger partial charge in [0.1, 0.15) is 9.59 Å². The van der Waals surface area contributed by atoms with Crippen LogP contribution in [-0.2, 0) is 0 Å². The van der Waals surface area contributed by atoms with Crippen molar-refractivity contribution in [1.82, 2.24) is 20.0 Å². The van der Waals surface area contributed by atoms with Gasteiger partial charge in [0, 0.05) is 33.6 Å². The molecular weight excluding hydrogens is 568 g/mol. The summed E-state index contributed by atoms with van der Waals surface area (Å²) in [6.07, 6.45) is 3.99. The molecule has 8 nitrogen and oxygen atoms in total. The highest BCUT2D eigenvalue weighted by molar-refractivity contribution is 5.65. The van der Waals surface area contributed by atoms with Crippen molar-refractivity contribution in [2.24, 2.45) is 0 Å². The lowest BCUT2D eigenvalue weighted by atomic mass is 10.1. The van der Waals surface area contributed by atoms with Crippen LogP contribution >= 0.6 is 0 Å². The molecule has 8 heteroatoms. The quantitative estimate of drug-likeness (QED) is 0.247. The first-order valence-electron chi connectivity index (χ1n) is 15.1. The Labute approximate surface area is 266 Å². The lowest BCUT2D eigenvalue weighted by molar-refractivity contribution is -0.742. The molecule has 0 atom stereocenters. The molecule has 0 aliphatic rings. The second kappa shape index (κ2) is 11.9. The lowest BCUT2D eigenvalue weighted by Gasteiger charge is -2.01. The third-order valence-electron chi connectivity index (χ3n) is 7.82. The summed E-state index contributed by atoms with van der Waals surface area (Å²) in [7, 11) is 0. The molecule has 0 saturated heterocycles. The zero-order valence-corrected chi connectivity index (χ0v) is 24.9. The van der Waals surface area contributed by atoms with Crippen LogP contribution in [0.25, 0.3) is 45.3 Å². The van der Waals surface area contributed by atoms with E-state index in [4.69, 9.17) is 10.4 Å². The molecule has 0 bridgehead atoms. The summed E-state index contributed by atoms with van der Waals surface area (Å²) in [6.45, 7) is 0. The number of benzene rings is 6. The third-order valence-corrected chi connectivity index (χ3v) is 7.82. The fourth-order valence-electron chi connectivity index (χ4n) is 5.46. The number of nitrogens with zero attached hydrogens (tertiary/aromatic N) is 8. The number of rotatable bonds is 7. The maximum atomic E-state index is 4.91. The highest BCUT2D eigenvalue weighted by Crippen LogP contribution is 2.22. The fourth-order valence-corrected chi connectivity index (χ4v) is 5.46. The molecule has 6 aromatic carbocycles. The molecule has 218 valence electrons. The van der Waals surface area contributed by atoms with Gasteiger partial charge in [0.2, 0.25) is 33.2 Å². The van der Waals surface area contributed by atoms with Crippen LogP contribution in [0.15, 0.2) is 183 Å². The molecule has 8 rings (SSSR count). The molecule has 0 saturated carbocycles. The Bertz CT molecular complexity index is 2050. The van der Waals surface area contributed by atoms with Crippen molar-refractivity contribution in [2.45, 2.75) is 0 Å². The van der Waals surface area contributed by atoms with Gasteiger partial charge in [0.15, 0.2) is 11.4 Å². The second-order valence-electron chi connectivity index (χ2n) is 10.8. The number of hydrogen-bond donors (Lipinski definition) is 0. The Morgan fingerprint density at radius 2 is 0.630 bits per heavy atom. The summed E-state index contributed by atoms with van der Waals surface area (Å²) in [5.41, 5.74) is 8.13. The number of tetrazole rings is 2. The van der Waals surface area contributed by atoms with Crippen LogP contribution in [0.5, 0.6) is 0 Å². The van der Waals surface area contributed by atoms with Crippen molar-refractivity contribution >= 4 is 0 Å². The van der Waals surface area contributed by atoms with Crippen LogP contribution in [0.1, 0.15) is 0 Å². The summed E-state index contributed by atoms with van der Waals surface area (Å²) >= 11 is 0. The molecule has 0 unspecified atom stereocenters. The first-order chi connectivity index (χ1) is 22.8. The van der Waals surface area contributed by atoms with E-state index in [2.05, 4.69) is 72.8 Å². The molecular formula is C38H30N8+4. The molecule has 0 fully saturated rings. The molecule has 2 heterocycles. The second-order valence-corrected chi connectivity index (χ2v) is 10.8. The van der Waals surface area contributed by atoms with Gasteiger partial charge in [0.25, 0.3) is 0 Å². The van der Waals surface area contributed by atoms with E-state index in [1.165, 1.54) is 0 Å². The average Bonchev–Trinajstić information content (AvgIpc) is 3.80. The Balaban J connectivity index is 1.12. The summed E-state index contributed by atoms with van der Waals surface area (Å²) < 4.78 is 7.87. The standard InChI is InChI=1S/C38H30N8/c1-5-13-33(14-6-1)41-29-43(35-17-9-3-10-18-35)45(39-41)37-25-21-31(22-26-37)32-23-27-38(28-24-32)46-40-42(34-15-7-2-8-16-34)30-44(46)36-19-11-4-12-20-36/h1-30H/q+4. The smallest absolute Gasteiger partial charge is 0.0619 e. The van der Waals surface area contributed by atoms with Gasteiger partial charge in [-0.1, -0.05) is 72.8 Å². The molecule has 0 N–H and O–H groups in total. The maximum Gasteiger partial charge on any atom is 0.382 e. The van der Waals surface area contributed by atoms with Gasteiger partial charge < -0.3 is 0 Å². The van der Waals surface area contributed by atoms with Crippen LogP contribution in [0.3, 0.4) is 0 Å². The van der Waals surface area contributed by atoms with E-state index in [0.717, 1.165) is 45.3 Å². The van der Waals surface area contributed by atoms with E-state index >= 15 is 0 Å². The maximum absolute atomic E-state index is 4.91. The van der Waals surface area contributed by atoms with Crippen molar-refractivity contribution in [3.63, 3.8) is 0 Å². The zero-order chi connectivity index (χ0) is 30.7. The van der Waals surface area contributed by atoms with Crippen LogP contribution < -0.4 is 18.7 Å². The summed E-state index contributed by atoms with van der Waals surface area (Å²) in [5.74, 6) is 0. The van der Waals surface area contributed by atoms with Gasteiger partial charge in [0.05, 0.1) is 0 Å². The summed E-state index contributed by atoms with van der Waals surface area (Å²) in [5, 5.41) is 9.83. The molecule has 0 aliphatic carbocycles. The summed E-state index contributed by atoms with van der Waals surface area (Å²) in [6, 6.07) is 57.7. The van der Waals surface area contributed by atoms with E-state index in [9.17, 15) is 0 Å². The largest absolute Gasteiger partial charge is 0.382 e. The molecule has 46 heavy (non-hydrogen) atoms. The predicted octanol–water partition coefficient (Wildman–Crippen LogP) is 4.83. The van der Waals surface area contributed by atoms with Gasteiger partial charge in [-0.15, -0.1) is 0 Å². The SMILES string of the molecule is c1ccc(-[n+]2c[n+](-c3ccccc3)n(-c3ccc(-c4ccc(-n5n[n+](-c6ccccc6)c[n+]5-c5ccccc5)cc4)cc3)n2)cc1. The molecule has 0 radical (unpaired) electrons. The highest BCUT2D eigenvalue weighted by Gasteiger charge is 2.29. The van der Waals surface area contributed by atoms with Crippen LogP contribution in [0.2, 0.25) is 0 Å². The topological polar surface area (TPSA) is 51.2 Å².